The number of nitro groups is 1. The first kappa shape index (κ1) is 25.8. The van der Waals surface area contributed by atoms with E-state index in [1.165, 1.54) is 51.0 Å². The fraction of sp³-hybridized carbons (Fsp3) is 0.571. The van der Waals surface area contributed by atoms with Crippen LogP contribution in [-0.2, 0) is 19.6 Å². The average Bonchev–Trinajstić information content (AvgIpc) is 2.72. The maximum absolute atomic E-state index is 12.7. The van der Waals surface area contributed by atoms with Crippen molar-refractivity contribution in [2.24, 2.45) is 0 Å². The summed E-state index contributed by atoms with van der Waals surface area (Å²) in [5.74, 6) is -0.561. The Labute approximate surface area is 178 Å². The van der Waals surface area contributed by atoms with Crippen molar-refractivity contribution in [3.05, 3.63) is 46.5 Å². The van der Waals surface area contributed by atoms with Gasteiger partial charge < -0.3 is 4.74 Å². The first-order valence-electron chi connectivity index (χ1n) is 10.3. The van der Waals surface area contributed by atoms with Crippen molar-refractivity contribution in [1.29, 1.82) is 0 Å². The number of methoxy groups -OCH3 is 1. The third kappa shape index (κ3) is 9.49. The van der Waals surface area contributed by atoms with Gasteiger partial charge in [-0.05, 0) is 25.3 Å². The molecule has 0 radical (unpaired) electrons. The lowest BCUT2D eigenvalue weighted by Gasteiger charge is -2.16. The van der Waals surface area contributed by atoms with Crippen LogP contribution in [0.15, 0.2) is 41.3 Å². The number of esters is 1. The molecule has 0 aliphatic heterocycles. The van der Waals surface area contributed by atoms with Gasteiger partial charge in [0.15, 0.2) is 4.90 Å². The van der Waals surface area contributed by atoms with Crippen molar-refractivity contribution < 1.29 is 22.9 Å². The molecule has 1 rings (SSSR count). The molecule has 1 N–H and O–H groups in total. The van der Waals surface area contributed by atoms with E-state index in [1.54, 1.807) is 0 Å². The zero-order valence-corrected chi connectivity index (χ0v) is 18.5. The smallest absolute Gasteiger partial charge is 0.307 e. The van der Waals surface area contributed by atoms with Crippen molar-refractivity contribution in [2.45, 2.75) is 75.6 Å². The van der Waals surface area contributed by atoms with Gasteiger partial charge in [-0.2, -0.15) is 0 Å². The molecular formula is C21H32N2O6S. The van der Waals surface area contributed by atoms with Gasteiger partial charge in [-0.25, -0.2) is 13.1 Å². The number of unbranched alkanes of at least 4 members (excludes halogenated alkanes) is 6. The molecule has 0 heterocycles. The molecule has 0 bridgehead atoms. The SMILES string of the molecule is CCCCCCCC/C=C\C[C@@H](CC(=O)OC)NS(=O)(=O)c1ccccc1[N+](=O)[O-]. The van der Waals surface area contributed by atoms with Crippen LogP contribution in [0.25, 0.3) is 0 Å². The monoisotopic (exact) mass is 440 g/mol. The lowest BCUT2D eigenvalue weighted by molar-refractivity contribution is -0.387. The minimum atomic E-state index is -4.18. The predicted octanol–water partition coefficient (Wildman–Crippen LogP) is 4.50. The van der Waals surface area contributed by atoms with E-state index < -0.39 is 37.5 Å². The van der Waals surface area contributed by atoms with Crippen molar-refractivity contribution in [3.63, 3.8) is 0 Å². The minimum Gasteiger partial charge on any atom is -0.469 e. The van der Waals surface area contributed by atoms with Gasteiger partial charge in [0.2, 0.25) is 10.0 Å². The summed E-state index contributed by atoms with van der Waals surface area (Å²) >= 11 is 0. The van der Waals surface area contributed by atoms with E-state index in [0.717, 1.165) is 25.3 Å². The van der Waals surface area contributed by atoms with Crippen LogP contribution in [0.5, 0.6) is 0 Å². The highest BCUT2D eigenvalue weighted by Gasteiger charge is 2.28. The molecule has 0 saturated heterocycles. The van der Waals surface area contributed by atoms with Gasteiger partial charge in [-0.15, -0.1) is 0 Å². The normalized spacial score (nSPS) is 12.7. The zero-order chi connectivity index (χ0) is 22.4. The van der Waals surface area contributed by atoms with Crippen LogP contribution >= 0.6 is 0 Å². The van der Waals surface area contributed by atoms with Crippen LogP contribution in [0.3, 0.4) is 0 Å². The molecule has 9 heteroatoms. The molecule has 1 aromatic rings. The first-order valence-corrected chi connectivity index (χ1v) is 11.8. The highest BCUT2D eigenvalue weighted by molar-refractivity contribution is 7.89. The summed E-state index contributed by atoms with van der Waals surface area (Å²) in [5.41, 5.74) is -0.513. The van der Waals surface area contributed by atoms with Gasteiger partial charge in [-0.1, -0.05) is 63.3 Å². The molecule has 8 nitrogen and oxygen atoms in total. The molecule has 0 aliphatic rings. The Morgan fingerprint density at radius 3 is 2.50 bits per heavy atom. The van der Waals surface area contributed by atoms with E-state index in [4.69, 9.17) is 0 Å². The number of carbonyl (C=O) groups is 1. The molecule has 0 aromatic heterocycles. The lowest BCUT2D eigenvalue weighted by atomic mass is 10.1. The van der Waals surface area contributed by atoms with Gasteiger partial charge in [0.1, 0.15) is 0 Å². The summed E-state index contributed by atoms with van der Waals surface area (Å²) < 4.78 is 32.5. The second kappa shape index (κ2) is 13.9. The van der Waals surface area contributed by atoms with E-state index in [-0.39, 0.29) is 12.8 Å². The highest BCUT2D eigenvalue weighted by Crippen LogP contribution is 2.23. The van der Waals surface area contributed by atoms with E-state index in [2.05, 4.69) is 16.4 Å². The zero-order valence-electron chi connectivity index (χ0n) is 17.7. The quantitative estimate of drug-likeness (QED) is 0.141. The first-order chi connectivity index (χ1) is 14.3. The van der Waals surface area contributed by atoms with Crippen LogP contribution in [0.2, 0.25) is 0 Å². The number of allylic oxidation sites excluding steroid dienone is 1. The maximum Gasteiger partial charge on any atom is 0.307 e. The van der Waals surface area contributed by atoms with Crippen LogP contribution in [0.4, 0.5) is 5.69 Å². The predicted molar refractivity (Wildman–Crippen MR) is 116 cm³/mol. The molecule has 0 saturated carbocycles. The van der Waals surface area contributed by atoms with Crippen LogP contribution < -0.4 is 4.72 Å². The minimum absolute atomic E-state index is 0.169. The summed E-state index contributed by atoms with van der Waals surface area (Å²) in [6.45, 7) is 2.18. The average molecular weight is 441 g/mol. The van der Waals surface area contributed by atoms with Gasteiger partial charge in [0.25, 0.3) is 5.69 Å². The van der Waals surface area contributed by atoms with Crippen LogP contribution in [-0.4, -0.2) is 32.5 Å². The molecule has 168 valence electrons. The standard InChI is InChI=1S/C21H32N2O6S/c1-3-4-5-6-7-8-9-10-11-14-18(17-21(24)29-2)22-30(27,28)20-16-13-12-15-19(20)23(25)26/h10-13,15-16,18,22H,3-9,14,17H2,1-2H3/b11-10-/t18-/m0/s1. The van der Waals surface area contributed by atoms with E-state index in [1.807, 2.05) is 12.2 Å². The lowest BCUT2D eigenvalue weighted by Crippen LogP contribution is -2.36. The highest BCUT2D eigenvalue weighted by atomic mass is 32.2. The molecule has 1 atom stereocenters. The number of nitrogens with zero attached hydrogens (tertiary/aromatic N) is 1. The number of para-hydroxylation sites is 1. The molecular weight excluding hydrogens is 408 g/mol. The van der Waals surface area contributed by atoms with Crippen molar-refractivity contribution in [2.75, 3.05) is 7.11 Å². The van der Waals surface area contributed by atoms with Gasteiger partial charge in [-0.3, -0.25) is 14.9 Å². The van der Waals surface area contributed by atoms with Crippen molar-refractivity contribution in [3.8, 4) is 0 Å². The Kier molecular flexibility index (Phi) is 11.9. The van der Waals surface area contributed by atoms with Crippen LogP contribution in [0, 0.1) is 10.1 Å². The summed E-state index contributed by atoms with van der Waals surface area (Å²) in [4.78, 5) is 21.7. The summed E-state index contributed by atoms with van der Waals surface area (Å²) in [7, 11) is -2.96. The number of sulfonamides is 1. The number of hydrogen-bond acceptors (Lipinski definition) is 6. The van der Waals surface area contributed by atoms with E-state index in [0.29, 0.717) is 0 Å². The Bertz CT molecular complexity index is 807. The topological polar surface area (TPSA) is 116 Å². The molecule has 30 heavy (non-hydrogen) atoms. The molecule has 0 aliphatic carbocycles. The second-order valence-electron chi connectivity index (χ2n) is 7.09. The van der Waals surface area contributed by atoms with E-state index in [9.17, 15) is 23.3 Å². The maximum atomic E-state index is 12.7. The number of carbonyl (C=O) groups excluding carboxylic acids is 1. The largest absolute Gasteiger partial charge is 0.469 e. The van der Waals surface area contributed by atoms with Crippen molar-refractivity contribution in [1.82, 2.24) is 4.72 Å². The summed E-state index contributed by atoms with van der Waals surface area (Å²) in [5, 5.41) is 11.2. The van der Waals surface area contributed by atoms with Gasteiger partial charge in [0.05, 0.1) is 18.5 Å². The molecule has 0 fully saturated rings. The fourth-order valence-electron chi connectivity index (χ4n) is 3.00. The third-order valence-corrected chi connectivity index (χ3v) is 6.19. The van der Waals surface area contributed by atoms with E-state index >= 15 is 0 Å². The molecule has 0 amide bonds. The molecule has 0 unspecified atom stereocenters. The molecule has 0 spiro atoms. The summed E-state index contributed by atoms with van der Waals surface area (Å²) in [6.07, 6.45) is 11.9. The Hall–Kier alpha value is -2.26. The van der Waals surface area contributed by atoms with Gasteiger partial charge in [0, 0.05) is 12.1 Å². The number of nitro benzene ring substituents is 1. The summed E-state index contributed by atoms with van der Waals surface area (Å²) in [6, 6.07) is 4.35. The number of ether oxygens (including phenoxy) is 1. The molecule has 1 aromatic carbocycles. The van der Waals surface area contributed by atoms with Crippen molar-refractivity contribution >= 4 is 21.7 Å². The number of benzene rings is 1. The Morgan fingerprint density at radius 2 is 1.83 bits per heavy atom. The van der Waals surface area contributed by atoms with Gasteiger partial charge >= 0.3 is 5.97 Å². The second-order valence-corrected chi connectivity index (χ2v) is 8.77. The Morgan fingerprint density at radius 1 is 1.17 bits per heavy atom. The third-order valence-electron chi connectivity index (χ3n) is 4.63. The Balaban J connectivity index is 2.73. The number of rotatable bonds is 15. The fourth-order valence-corrected chi connectivity index (χ4v) is 4.42. The number of nitrogens with one attached hydrogen (secondary N) is 1. The number of hydrogen-bond donors (Lipinski definition) is 1. The van der Waals surface area contributed by atoms with Crippen LogP contribution in [0.1, 0.15) is 64.7 Å².